The predicted molar refractivity (Wildman–Crippen MR) is 84.0 cm³/mol. The average Bonchev–Trinajstić information content (AvgIpc) is 2.55. The van der Waals surface area contributed by atoms with Gasteiger partial charge in [0.25, 0.3) is 0 Å². The van der Waals surface area contributed by atoms with Gasteiger partial charge in [-0.2, -0.15) is 0 Å². The van der Waals surface area contributed by atoms with E-state index in [1.54, 1.807) is 7.11 Å². The molecule has 0 atom stereocenters. The zero-order valence-electron chi connectivity index (χ0n) is 12.3. The van der Waals surface area contributed by atoms with Crippen LogP contribution in [0.25, 0.3) is 10.8 Å². The molecule has 0 bridgehead atoms. The summed E-state index contributed by atoms with van der Waals surface area (Å²) in [6, 6.07) is 8.06. The zero-order valence-corrected chi connectivity index (χ0v) is 12.3. The third-order valence-electron chi connectivity index (χ3n) is 3.80. The molecule has 2 aromatic rings. The van der Waals surface area contributed by atoms with E-state index in [9.17, 15) is 0 Å². The number of morpholine rings is 1. The number of pyridine rings is 1. The van der Waals surface area contributed by atoms with Crippen molar-refractivity contribution in [3.8, 4) is 5.75 Å². The fourth-order valence-corrected chi connectivity index (χ4v) is 2.58. The van der Waals surface area contributed by atoms with Crippen molar-refractivity contribution in [3.63, 3.8) is 0 Å². The van der Waals surface area contributed by atoms with E-state index in [1.807, 2.05) is 24.4 Å². The van der Waals surface area contributed by atoms with E-state index in [4.69, 9.17) is 9.47 Å². The molecule has 1 fully saturated rings. The van der Waals surface area contributed by atoms with Crippen LogP contribution in [-0.2, 0) is 4.74 Å². The molecule has 0 spiro atoms. The molecule has 0 amide bonds. The molecule has 1 N–H and O–H groups in total. The molecule has 0 aliphatic carbocycles. The van der Waals surface area contributed by atoms with Crippen LogP contribution >= 0.6 is 0 Å². The molecule has 0 unspecified atom stereocenters. The van der Waals surface area contributed by atoms with E-state index in [0.717, 1.165) is 61.7 Å². The first-order chi connectivity index (χ1) is 10.4. The summed E-state index contributed by atoms with van der Waals surface area (Å²) in [5, 5.41) is 5.70. The molecule has 0 radical (unpaired) electrons. The van der Waals surface area contributed by atoms with Crippen LogP contribution in [0.1, 0.15) is 0 Å². The van der Waals surface area contributed by atoms with Crippen LogP contribution < -0.4 is 10.1 Å². The Hall–Kier alpha value is -1.85. The molecule has 1 aromatic carbocycles. The number of nitrogens with one attached hydrogen (secondary N) is 1. The summed E-state index contributed by atoms with van der Waals surface area (Å²) in [6.45, 7) is 5.61. The smallest absolute Gasteiger partial charge is 0.133 e. The lowest BCUT2D eigenvalue weighted by Crippen LogP contribution is -2.39. The fourth-order valence-electron chi connectivity index (χ4n) is 2.58. The largest absolute Gasteiger partial charge is 0.497 e. The van der Waals surface area contributed by atoms with Gasteiger partial charge >= 0.3 is 0 Å². The minimum absolute atomic E-state index is 0.840. The first-order valence-corrected chi connectivity index (χ1v) is 7.33. The van der Waals surface area contributed by atoms with Gasteiger partial charge in [-0.3, -0.25) is 4.90 Å². The van der Waals surface area contributed by atoms with Gasteiger partial charge in [-0.15, -0.1) is 0 Å². The molecule has 3 rings (SSSR count). The van der Waals surface area contributed by atoms with Crippen molar-refractivity contribution in [2.45, 2.75) is 0 Å². The number of benzene rings is 1. The normalized spacial score (nSPS) is 16.0. The Morgan fingerprint density at radius 2 is 2.14 bits per heavy atom. The fraction of sp³-hybridized carbons (Fsp3) is 0.438. The molecular formula is C16H21N3O2. The number of nitrogens with zero attached hydrogens (tertiary/aromatic N) is 2. The van der Waals surface area contributed by atoms with Crippen molar-refractivity contribution in [1.82, 2.24) is 9.88 Å². The van der Waals surface area contributed by atoms with Crippen molar-refractivity contribution >= 4 is 16.6 Å². The van der Waals surface area contributed by atoms with Gasteiger partial charge in [0.2, 0.25) is 0 Å². The molecule has 5 nitrogen and oxygen atoms in total. The molecule has 1 aromatic heterocycles. The molecule has 1 aliphatic heterocycles. The number of anilines is 1. The third kappa shape index (κ3) is 3.43. The van der Waals surface area contributed by atoms with Crippen LogP contribution in [0.3, 0.4) is 0 Å². The number of methoxy groups -OCH3 is 1. The maximum atomic E-state index is 5.36. The highest BCUT2D eigenvalue weighted by atomic mass is 16.5. The van der Waals surface area contributed by atoms with Gasteiger partial charge < -0.3 is 14.8 Å². The van der Waals surface area contributed by atoms with Gasteiger partial charge in [0.15, 0.2) is 0 Å². The highest BCUT2D eigenvalue weighted by Gasteiger charge is 2.10. The van der Waals surface area contributed by atoms with E-state index in [0.29, 0.717) is 0 Å². The van der Waals surface area contributed by atoms with Gasteiger partial charge in [-0.05, 0) is 29.7 Å². The number of hydrogen-bond donors (Lipinski definition) is 1. The lowest BCUT2D eigenvalue weighted by atomic mass is 10.1. The van der Waals surface area contributed by atoms with E-state index in [1.165, 1.54) is 0 Å². The third-order valence-corrected chi connectivity index (χ3v) is 3.80. The molecular weight excluding hydrogens is 266 g/mol. The predicted octanol–water partition coefficient (Wildman–Crippen LogP) is 1.99. The summed E-state index contributed by atoms with van der Waals surface area (Å²) < 4.78 is 10.6. The van der Waals surface area contributed by atoms with Gasteiger partial charge in [-0.1, -0.05) is 0 Å². The van der Waals surface area contributed by atoms with Crippen molar-refractivity contribution in [2.24, 2.45) is 0 Å². The second-order valence-corrected chi connectivity index (χ2v) is 5.13. The summed E-state index contributed by atoms with van der Waals surface area (Å²) in [5.74, 6) is 1.80. The Balaban J connectivity index is 1.66. The van der Waals surface area contributed by atoms with Gasteiger partial charge in [0.1, 0.15) is 11.6 Å². The van der Waals surface area contributed by atoms with E-state index >= 15 is 0 Å². The van der Waals surface area contributed by atoms with E-state index in [2.05, 4.69) is 21.3 Å². The Bertz CT molecular complexity index is 597. The summed E-state index contributed by atoms with van der Waals surface area (Å²) in [4.78, 5) is 6.86. The Morgan fingerprint density at radius 3 is 2.95 bits per heavy atom. The van der Waals surface area contributed by atoms with Crippen molar-refractivity contribution in [2.75, 3.05) is 51.8 Å². The molecule has 1 aliphatic rings. The quantitative estimate of drug-likeness (QED) is 0.911. The number of rotatable bonds is 5. The molecule has 21 heavy (non-hydrogen) atoms. The van der Waals surface area contributed by atoms with Crippen molar-refractivity contribution in [3.05, 3.63) is 30.5 Å². The number of fused-ring (bicyclic) bond motifs is 1. The number of ether oxygens (including phenoxy) is 2. The minimum atomic E-state index is 0.840. The van der Waals surface area contributed by atoms with Crippen LogP contribution in [0, 0.1) is 0 Å². The Kier molecular flexibility index (Phi) is 4.52. The lowest BCUT2D eigenvalue weighted by molar-refractivity contribution is 0.0398. The zero-order chi connectivity index (χ0) is 14.5. The highest BCUT2D eigenvalue weighted by molar-refractivity contribution is 5.92. The van der Waals surface area contributed by atoms with Crippen molar-refractivity contribution in [1.29, 1.82) is 0 Å². The average molecular weight is 287 g/mol. The van der Waals surface area contributed by atoms with Crippen LogP contribution in [0.15, 0.2) is 30.5 Å². The first-order valence-electron chi connectivity index (χ1n) is 7.33. The van der Waals surface area contributed by atoms with Crippen molar-refractivity contribution < 1.29 is 9.47 Å². The number of hydrogen-bond acceptors (Lipinski definition) is 5. The molecule has 112 valence electrons. The maximum Gasteiger partial charge on any atom is 0.133 e. The second kappa shape index (κ2) is 6.74. The first kappa shape index (κ1) is 14.1. The SMILES string of the molecule is COc1ccc2c(NCCN3CCOCC3)nccc2c1. The van der Waals surface area contributed by atoms with Crippen LogP contribution in [0.5, 0.6) is 5.75 Å². The Labute approximate surface area is 124 Å². The van der Waals surface area contributed by atoms with Gasteiger partial charge in [0.05, 0.1) is 20.3 Å². The molecule has 0 saturated carbocycles. The summed E-state index contributed by atoms with van der Waals surface area (Å²) in [6.07, 6.45) is 1.83. The molecule has 2 heterocycles. The lowest BCUT2D eigenvalue weighted by Gasteiger charge is -2.26. The van der Waals surface area contributed by atoms with Crippen LogP contribution in [-0.4, -0.2) is 56.4 Å². The van der Waals surface area contributed by atoms with Crippen LogP contribution in [0.2, 0.25) is 0 Å². The molecule has 1 saturated heterocycles. The Morgan fingerprint density at radius 1 is 1.29 bits per heavy atom. The maximum absolute atomic E-state index is 5.36. The van der Waals surface area contributed by atoms with Gasteiger partial charge in [-0.25, -0.2) is 4.98 Å². The molecule has 5 heteroatoms. The monoisotopic (exact) mass is 287 g/mol. The topological polar surface area (TPSA) is 46.6 Å². The summed E-state index contributed by atoms with van der Waals surface area (Å²) in [5.41, 5.74) is 0. The van der Waals surface area contributed by atoms with Crippen LogP contribution in [0.4, 0.5) is 5.82 Å². The number of aromatic nitrogens is 1. The van der Waals surface area contributed by atoms with E-state index < -0.39 is 0 Å². The van der Waals surface area contributed by atoms with E-state index in [-0.39, 0.29) is 0 Å². The minimum Gasteiger partial charge on any atom is -0.497 e. The summed E-state index contributed by atoms with van der Waals surface area (Å²) >= 11 is 0. The standard InChI is InChI=1S/C16H21N3O2/c1-20-14-2-3-15-13(12-14)4-5-17-16(15)18-6-7-19-8-10-21-11-9-19/h2-5,12H,6-11H2,1H3,(H,17,18). The highest BCUT2D eigenvalue weighted by Crippen LogP contribution is 2.25. The van der Waals surface area contributed by atoms with Gasteiger partial charge in [0, 0.05) is 37.8 Å². The second-order valence-electron chi connectivity index (χ2n) is 5.13. The summed E-state index contributed by atoms with van der Waals surface area (Å²) in [7, 11) is 1.68.